The normalized spacial score (nSPS) is 54.9. The summed E-state index contributed by atoms with van der Waals surface area (Å²) in [7, 11) is 0. The molecule has 0 amide bonds. The highest BCUT2D eigenvalue weighted by molar-refractivity contribution is 5.23. The molecule has 0 aliphatic heterocycles. The van der Waals surface area contributed by atoms with Crippen molar-refractivity contribution < 1.29 is 5.11 Å². The monoisotopic (exact) mass is 288 g/mol. The predicted octanol–water partition coefficient (Wildman–Crippen LogP) is 4.95. The van der Waals surface area contributed by atoms with Gasteiger partial charge in [-0.25, -0.2) is 0 Å². The second-order valence-corrected chi connectivity index (χ2v) is 8.71. The van der Waals surface area contributed by atoms with E-state index in [0.717, 1.165) is 42.4 Å². The summed E-state index contributed by atoms with van der Waals surface area (Å²) in [5, 5.41) is 9.99. The van der Waals surface area contributed by atoms with Crippen molar-refractivity contribution in [3.63, 3.8) is 0 Å². The van der Waals surface area contributed by atoms with Crippen LogP contribution >= 0.6 is 0 Å². The summed E-state index contributed by atoms with van der Waals surface area (Å²) in [5.74, 6) is 4.76. The molecule has 4 aliphatic rings. The summed E-state index contributed by atoms with van der Waals surface area (Å²) in [6, 6.07) is 0. The topological polar surface area (TPSA) is 20.2 Å². The Hall–Kier alpha value is -0.300. The number of allylic oxidation sites excluding steroid dienone is 2. The maximum atomic E-state index is 9.99. The van der Waals surface area contributed by atoms with Crippen LogP contribution in [0.5, 0.6) is 0 Å². The van der Waals surface area contributed by atoms with E-state index in [4.69, 9.17) is 0 Å². The van der Waals surface area contributed by atoms with E-state index in [1.165, 1.54) is 44.9 Å². The van der Waals surface area contributed by atoms with Crippen LogP contribution in [0.15, 0.2) is 11.6 Å². The van der Waals surface area contributed by atoms with E-state index in [1.54, 1.807) is 5.57 Å². The zero-order chi connectivity index (χ0) is 14.6. The van der Waals surface area contributed by atoms with Gasteiger partial charge in [0.05, 0.1) is 6.10 Å². The van der Waals surface area contributed by atoms with Gasteiger partial charge in [0, 0.05) is 0 Å². The molecule has 0 heterocycles. The molecule has 0 aromatic heterocycles. The molecule has 0 aromatic rings. The van der Waals surface area contributed by atoms with E-state index in [-0.39, 0.29) is 6.10 Å². The van der Waals surface area contributed by atoms with Crippen LogP contribution in [0.3, 0.4) is 0 Å². The number of aliphatic hydroxyl groups is 1. The molecule has 0 aromatic carbocycles. The molecular formula is C20H32O. The molecule has 21 heavy (non-hydrogen) atoms. The van der Waals surface area contributed by atoms with Crippen molar-refractivity contribution in [1.29, 1.82) is 0 Å². The Labute approximate surface area is 130 Å². The SMILES string of the molecule is C/C=C1\CCC2C3CCC4CC(O)CCC4C3CCC12C. The van der Waals surface area contributed by atoms with Gasteiger partial charge in [-0.15, -0.1) is 0 Å². The molecule has 4 aliphatic carbocycles. The van der Waals surface area contributed by atoms with Crippen molar-refractivity contribution >= 4 is 0 Å². The van der Waals surface area contributed by atoms with E-state index >= 15 is 0 Å². The molecular weight excluding hydrogens is 256 g/mol. The predicted molar refractivity (Wildman–Crippen MR) is 86.9 cm³/mol. The quantitative estimate of drug-likeness (QED) is 0.626. The molecule has 1 heteroatoms. The van der Waals surface area contributed by atoms with Gasteiger partial charge >= 0.3 is 0 Å². The Morgan fingerprint density at radius 3 is 2.62 bits per heavy atom. The van der Waals surface area contributed by atoms with E-state index in [9.17, 15) is 5.11 Å². The van der Waals surface area contributed by atoms with Gasteiger partial charge < -0.3 is 5.11 Å². The summed E-state index contributed by atoms with van der Waals surface area (Å²) in [6.07, 6.45) is 14.5. The summed E-state index contributed by atoms with van der Waals surface area (Å²) < 4.78 is 0. The van der Waals surface area contributed by atoms with Crippen LogP contribution < -0.4 is 0 Å². The molecule has 1 N–H and O–H groups in total. The zero-order valence-electron chi connectivity index (χ0n) is 13.9. The lowest BCUT2D eigenvalue weighted by Gasteiger charge is -2.55. The first-order valence-corrected chi connectivity index (χ1v) is 9.47. The highest BCUT2D eigenvalue weighted by Gasteiger charge is 2.54. The Morgan fingerprint density at radius 2 is 1.81 bits per heavy atom. The molecule has 7 atom stereocenters. The Kier molecular flexibility index (Phi) is 3.48. The van der Waals surface area contributed by atoms with Crippen molar-refractivity contribution in [3.8, 4) is 0 Å². The third-order valence-electron chi connectivity index (χ3n) is 8.12. The first kappa shape index (κ1) is 14.3. The fraction of sp³-hybridized carbons (Fsp3) is 0.900. The minimum atomic E-state index is 0.0118. The molecule has 0 spiro atoms. The van der Waals surface area contributed by atoms with Crippen LogP contribution in [0.25, 0.3) is 0 Å². The molecule has 118 valence electrons. The molecule has 1 nitrogen and oxygen atoms in total. The van der Waals surface area contributed by atoms with Crippen LogP contribution in [0.1, 0.15) is 71.6 Å². The molecule has 0 bridgehead atoms. The van der Waals surface area contributed by atoms with E-state index in [2.05, 4.69) is 19.9 Å². The van der Waals surface area contributed by atoms with Crippen molar-refractivity contribution in [1.82, 2.24) is 0 Å². The van der Waals surface area contributed by atoms with E-state index in [0.29, 0.717) is 5.41 Å². The molecule has 7 unspecified atom stereocenters. The zero-order valence-corrected chi connectivity index (χ0v) is 13.9. The van der Waals surface area contributed by atoms with E-state index in [1.807, 2.05) is 0 Å². The van der Waals surface area contributed by atoms with Gasteiger partial charge in [-0.2, -0.15) is 0 Å². The lowest BCUT2D eigenvalue weighted by molar-refractivity contribution is -0.0610. The van der Waals surface area contributed by atoms with Gasteiger partial charge in [0.15, 0.2) is 0 Å². The van der Waals surface area contributed by atoms with Crippen LogP contribution in [-0.2, 0) is 0 Å². The Bertz CT molecular complexity index is 439. The van der Waals surface area contributed by atoms with Crippen LogP contribution in [0.4, 0.5) is 0 Å². The fourth-order valence-electron chi connectivity index (χ4n) is 7.15. The van der Waals surface area contributed by atoms with Gasteiger partial charge in [0.2, 0.25) is 0 Å². The maximum absolute atomic E-state index is 9.99. The second-order valence-electron chi connectivity index (χ2n) is 8.71. The van der Waals surface area contributed by atoms with Gasteiger partial charge in [0.1, 0.15) is 0 Å². The van der Waals surface area contributed by atoms with E-state index < -0.39 is 0 Å². The lowest BCUT2D eigenvalue weighted by atomic mass is 9.50. The molecule has 0 saturated heterocycles. The molecule has 0 radical (unpaired) electrons. The van der Waals surface area contributed by atoms with Crippen LogP contribution in [0.2, 0.25) is 0 Å². The third-order valence-corrected chi connectivity index (χ3v) is 8.12. The Balaban J connectivity index is 1.58. The van der Waals surface area contributed by atoms with Crippen LogP contribution in [0, 0.1) is 35.0 Å². The van der Waals surface area contributed by atoms with Gasteiger partial charge in [-0.3, -0.25) is 0 Å². The largest absolute Gasteiger partial charge is 0.393 e. The van der Waals surface area contributed by atoms with Gasteiger partial charge in [-0.1, -0.05) is 18.6 Å². The summed E-state index contributed by atoms with van der Waals surface area (Å²) >= 11 is 0. The van der Waals surface area contributed by atoms with Crippen LogP contribution in [-0.4, -0.2) is 11.2 Å². The highest BCUT2D eigenvalue weighted by atomic mass is 16.3. The number of hydrogen-bond acceptors (Lipinski definition) is 1. The highest BCUT2D eigenvalue weighted by Crippen LogP contribution is 2.63. The molecule has 4 fully saturated rings. The minimum absolute atomic E-state index is 0.0118. The maximum Gasteiger partial charge on any atom is 0.0543 e. The standard InChI is InChI=1S/C20H32O/c1-3-14-5-9-19-18-7-4-13-12-15(21)6-8-16(13)17(18)10-11-20(14,19)2/h3,13,15-19,21H,4-12H2,1-2H3/b14-3+. The minimum Gasteiger partial charge on any atom is -0.393 e. The number of rotatable bonds is 0. The fourth-order valence-corrected chi connectivity index (χ4v) is 7.15. The Morgan fingerprint density at radius 1 is 1.00 bits per heavy atom. The average molecular weight is 288 g/mol. The molecule has 4 saturated carbocycles. The summed E-state index contributed by atoms with van der Waals surface area (Å²) in [4.78, 5) is 0. The number of fused-ring (bicyclic) bond motifs is 5. The summed E-state index contributed by atoms with van der Waals surface area (Å²) in [5.41, 5.74) is 2.31. The molecule has 4 rings (SSSR count). The lowest BCUT2D eigenvalue weighted by Crippen LogP contribution is -2.48. The first-order chi connectivity index (χ1) is 10.1. The van der Waals surface area contributed by atoms with Crippen molar-refractivity contribution in [2.75, 3.05) is 0 Å². The van der Waals surface area contributed by atoms with Crippen molar-refractivity contribution in [2.45, 2.75) is 77.7 Å². The van der Waals surface area contributed by atoms with Gasteiger partial charge in [0.25, 0.3) is 0 Å². The van der Waals surface area contributed by atoms with Gasteiger partial charge in [-0.05, 0) is 99.7 Å². The smallest absolute Gasteiger partial charge is 0.0543 e. The number of hydrogen-bond donors (Lipinski definition) is 1. The average Bonchev–Trinajstić information content (AvgIpc) is 2.83. The summed E-state index contributed by atoms with van der Waals surface area (Å²) in [6.45, 7) is 4.83. The second kappa shape index (κ2) is 5.11. The van der Waals surface area contributed by atoms with Crippen molar-refractivity contribution in [2.24, 2.45) is 35.0 Å². The first-order valence-electron chi connectivity index (χ1n) is 9.47. The third kappa shape index (κ3) is 2.06. The number of aliphatic hydroxyl groups excluding tert-OH is 1. The van der Waals surface area contributed by atoms with Crippen molar-refractivity contribution in [3.05, 3.63) is 11.6 Å².